The fourth-order valence-corrected chi connectivity index (χ4v) is 3.81. The molecule has 2 heterocycles. The Kier molecular flexibility index (Phi) is 5.29. The quantitative estimate of drug-likeness (QED) is 0.486. The number of rotatable bonds is 6. The molecule has 4 aromatic rings. The molecule has 1 unspecified atom stereocenters. The Morgan fingerprint density at radius 1 is 1.10 bits per heavy atom. The molecule has 0 saturated heterocycles. The van der Waals surface area contributed by atoms with Crippen LogP contribution in [0.4, 0.5) is 8.78 Å². The molecular weight excluding hydrogens is 394 g/mol. The molecule has 0 fully saturated rings. The molecular formula is C21H18F2N4OS. The van der Waals surface area contributed by atoms with Crippen LogP contribution in [0.3, 0.4) is 0 Å². The van der Waals surface area contributed by atoms with Crippen molar-refractivity contribution >= 4 is 22.7 Å². The molecule has 1 N–H and O–H groups in total. The summed E-state index contributed by atoms with van der Waals surface area (Å²) in [5.74, 6) is -1.53. The Hall–Kier alpha value is -2.84. The smallest absolute Gasteiger partial charge is 0.137 e. The summed E-state index contributed by atoms with van der Waals surface area (Å²) in [6.45, 7) is -0.0549. The number of thioether (sulfide) groups is 1. The van der Waals surface area contributed by atoms with E-state index in [2.05, 4.69) is 15.1 Å². The highest BCUT2D eigenvalue weighted by atomic mass is 32.2. The van der Waals surface area contributed by atoms with Crippen LogP contribution in [0.15, 0.2) is 66.1 Å². The number of fused-ring (bicyclic) bond motifs is 1. The SMILES string of the molecule is CSc1ccc2nc(CC(O)(Cn3cncn3)c3ccc(F)cc3F)ccc2c1. The first-order valence-corrected chi connectivity index (χ1v) is 10.1. The van der Waals surface area contributed by atoms with Crippen molar-refractivity contribution in [3.63, 3.8) is 0 Å². The minimum absolute atomic E-state index is 0.0194. The van der Waals surface area contributed by atoms with Gasteiger partial charge in [-0.2, -0.15) is 5.10 Å². The van der Waals surface area contributed by atoms with Gasteiger partial charge < -0.3 is 5.11 Å². The van der Waals surface area contributed by atoms with E-state index in [0.29, 0.717) is 5.69 Å². The van der Waals surface area contributed by atoms with Gasteiger partial charge in [0.1, 0.15) is 29.9 Å². The molecule has 1 atom stereocenters. The minimum atomic E-state index is -1.69. The van der Waals surface area contributed by atoms with Gasteiger partial charge in [0.05, 0.1) is 12.1 Å². The summed E-state index contributed by atoms with van der Waals surface area (Å²) in [4.78, 5) is 9.62. The summed E-state index contributed by atoms with van der Waals surface area (Å²) in [6.07, 6.45) is 4.79. The van der Waals surface area contributed by atoms with E-state index in [4.69, 9.17) is 0 Å². The molecule has 29 heavy (non-hydrogen) atoms. The van der Waals surface area contributed by atoms with E-state index in [0.717, 1.165) is 27.9 Å². The van der Waals surface area contributed by atoms with Crippen molar-refractivity contribution in [2.24, 2.45) is 0 Å². The Morgan fingerprint density at radius 3 is 2.69 bits per heavy atom. The lowest BCUT2D eigenvalue weighted by molar-refractivity contribution is 0.0108. The summed E-state index contributed by atoms with van der Waals surface area (Å²) in [5.41, 5.74) is -0.344. The standard InChI is InChI=1S/C21H18F2N4OS/c1-29-17-5-7-20-14(8-17)2-4-16(26-20)10-21(28,11-27-13-24-12-25-27)18-6-3-15(22)9-19(18)23/h2-9,12-13,28H,10-11H2,1H3. The predicted octanol–water partition coefficient (Wildman–Crippen LogP) is 3.96. The van der Waals surface area contributed by atoms with E-state index in [-0.39, 0.29) is 18.5 Å². The van der Waals surface area contributed by atoms with Crippen LogP contribution in [0.25, 0.3) is 10.9 Å². The van der Waals surface area contributed by atoms with Crippen LogP contribution in [-0.4, -0.2) is 31.1 Å². The second-order valence-electron chi connectivity index (χ2n) is 6.79. The number of aliphatic hydroxyl groups is 1. The second kappa shape index (κ2) is 7.88. The molecule has 0 aliphatic heterocycles. The van der Waals surface area contributed by atoms with Gasteiger partial charge in [0.25, 0.3) is 0 Å². The van der Waals surface area contributed by atoms with E-state index in [1.54, 1.807) is 17.8 Å². The lowest BCUT2D eigenvalue weighted by atomic mass is 9.88. The van der Waals surface area contributed by atoms with Crippen molar-refractivity contribution < 1.29 is 13.9 Å². The first-order chi connectivity index (χ1) is 14.0. The fourth-order valence-electron chi connectivity index (χ4n) is 3.36. The molecule has 0 spiro atoms. The molecule has 4 rings (SSSR count). The number of hydrogen-bond acceptors (Lipinski definition) is 5. The van der Waals surface area contributed by atoms with Gasteiger partial charge in [0.15, 0.2) is 0 Å². The van der Waals surface area contributed by atoms with Crippen molar-refractivity contribution in [1.82, 2.24) is 19.7 Å². The molecule has 2 aromatic heterocycles. The normalized spacial score (nSPS) is 13.5. The molecule has 0 amide bonds. The summed E-state index contributed by atoms with van der Waals surface area (Å²) in [7, 11) is 0. The Morgan fingerprint density at radius 2 is 1.97 bits per heavy atom. The second-order valence-corrected chi connectivity index (χ2v) is 7.67. The van der Waals surface area contributed by atoms with E-state index < -0.39 is 17.2 Å². The van der Waals surface area contributed by atoms with Crippen molar-refractivity contribution in [2.45, 2.75) is 23.5 Å². The average Bonchev–Trinajstić information content (AvgIpc) is 3.20. The Labute approximate surface area is 170 Å². The third-order valence-electron chi connectivity index (χ3n) is 4.75. The summed E-state index contributed by atoms with van der Waals surface area (Å²) < 4.78 is 29.4. The van der Waals surface area contributed by atoms with Crippen molar-refractivity contribution in [3.8, 4) is 0 Å². The summed E-state index contributed by atoms with van der Waals surface area (Å²) >= 11 is 1.64. The fraction of sp³-hybridized carbons (Fsp3) is 0.190. The molecule has 0 saturated carbocycles. The van der Waals surface area contributed by atoms with E-state index >= 15 is 0 Å². The number of benzene rings is 2. The highest BCUT2D eigenvalue weighted by Crippen LogP contribution is 2.31. The van der Waals surface area contributed by atoms with Gasteiger partial charge in [-0.05, 0) is 36.6 Å². The maximum Gasteiger partial charge on any atom is 0.137 e. The van der Waals surface area contributed by atoms with Gasteiger partial charge in [0, 0.05) is 34.0 Å². The van der Waals surface area contributed by atoms with Crippen molar-refractivity contribution in [1.29, 1.82) is 0 Å². The third kappa shape index (κ3) is 4.13. The number of pyridine rings is 1. The van der Waals surface area contributed by atoms with E-state index in [9.17, 15) is 13.9 Å². The average molecular weight is 412 g/mol. The maximum absolute atomic E-state index is 14.5. The van der Waals surface area contributed by atoms with Crippen LogP contribution >= 0.6 is 11.8 Å². The Bertz CT molecular complexity index is 1150. The van der Waals surface area contributed by atoms with Crippen LogP contribution in [-0.2, 0) is 18.6 Å². The summed E-state index contributed by atoms with van der Waals surface area (Å²) in [5, 5.41) is 16.4. The first-order valence-electron chi connectivity index (χ1n) is 8.91. The lowest BCUT2D eigenvalue weighted by Gasteiger charge is -2.29. The van der Waals surface area contributed by atoms with Crippen molar-refractivity contribution in [3.05, 3.63) is 84.1 Å². The largest absolute Gasteiger partial charge is 0.383 e. The zero-order chi connectivity index (χ0) is 20.4. The van der Waals surface area contributed by atoms with Crippen LogP contribution in [0.2, 0.25) is 0 Å². The lowest BCUT2D eigenvalue weighted by Crippen LogP contribution is -2.35. The number of aromatic nitrogens is 4. The summed E-state index contributed by atoms with van der Waals surface area (Å²) in [6, 6.07) is 12.8. The molecule has 0 aliphatic carbocycles. The molecule has 0 bridgehead atoms. The van der Waals surface area contributed by atoms with Gasteiger partial charge >= 0.3 is 0 Å². The van der Waals surface area contributed by atoms with Gasteiger partial charge in [-0.1, -0.05) is 12.1 Å². The van der Waals surface area contributed by atoms with Gasteiger partial charge in [-0.25, -0.2) is 18.4 Å². The Balaban J connectivity index is 1.74. The molecule has 148 valence electrons. The zero-order valence-corrected chi connectivity index (χ0v) is 16.4. The van der Waals surface area contributed by atoms with Gasteiger partial charge in [-0.15, -0.1) is 11.8 Å². The molecule has 0 aliphatic rings. The van der Waals surface area contributed by atoms with E-state index in [1.165, 1.54) is 23.4 Å². The molecule has 0 radical (unpaired) electrons. The van der Waals surface area contributed by atoms with Gasteiger partial charge in [-0.3, -0.25) is 4.98 Å². The molecule has 5 nitrogen and oxygen atoms in total. The number of hydrogen-bond donors (Lipinski definition) is 1. The predicted molar refractivity (Wildman–Crippen MR) is 108 cm³/mol. The van der Waals surface area contributed by atoms with Crippen LogP contribution in [0, 0.1) is 11.6 Å². The van der Waals surface area contributed by atoms with Crippen LogP contribution in [0.1, 0.15) is 11.3 Å². The topological polar surface area (TPSA) is 63.8 Å². The monoisotopic (exact) mass is 412 g/mol. The van der Waals surface area contributed by atoms with Gasteiger partial charge in [0.2, 0.25) is 0 Å². The minimum Gasteiger partial charge on any atom is -0.383 e. The number of halogens is 2. The zero-order valence-electron chi connectivity index (χ0n) is 15.6. The maximum atomic E-state index is 14.5. The highest BCUT2D eigenvalue weighted by Gasteiger charge is 2.34. The highest BCUT2D eigenvalue weighted by molar-refractivity contribution is 7.98. The first kappa shape index (κ1) is 19.5. The van der Waals surface area contributed by atoms with Crippen LogP contribution in [0.5, 0.6) is 0 Å². The number of nitrogens with zero attached hydrogens (tertiary/aromatic N) is 4. The molecule has 8 heteroatoms. The third-order valence-corrected chi connectivity index (χ3v) is 5.48. The molecule has 2 aromatic carbocycles. The van der Waals surface area contributed by atoms with E-state index in [1.807, 2.05) is 30.5 Å². The van der Waals surface area contributed by atoms with Crippen LogP contribution < -0.4 is 0 Å². The van der Waals surface area contributed by atoms with Crippen molar-refractivity contribution in [2.75, 3.05) is 6.26 Å².